The van der Waals surface area contributed by atoms with Crippen LogP contribution in [0, 0.1) is 16.2 Å². The first kappa shape index (κ1) is 33.4. The van der Waals surface area contributed by atoms with Gasteiger partial charge in [0, 0.05) is 78.9 Å². The molecule has 2 amide bonds. The third kappa shape index (κ3) is 4.38. The fourth-order valence-electron chi connectivity index (χ4n) is 10.6. The van der Waals surface area contributed by atoms with Gasteiger partial charge in [-0.05, 0) is 88.7 Å². The van der Waals surface area contributed by atoms with E-state index in [9.17, 15) is 24.0 Å². The number of hydrogen-bond donors (Lipinski definition) is 1. The van der Waals surface area contributed by atoms with Gasteiger partial charge < -0.3 is 19.7 Å². The van der Waals surface area contributed by atoms with Gasteiger partial charge in [0.1, 0.15) is 17.3 Å². The van der Waals surface area contributed by atoms with Crippen LogP contribution in [0.3, 0.4) is 0 Å². The number of hydrogen-bond acceptors (Lipinski definition) is 7. The highest BCUT2D eigenvalue weighted by Crippen LogP contribution is 3.01. The number of benzene rings is 4. The molecule has 5 aliphatic rings. The molecule has 4 aromatic carbocycles. The van der Waals surface area contributed by atoms with E-state index in [4.69, 9.17) is 32.7 Å². The van der Waals surface area contributed by atoms with Crippen LogP contribution >= 0.6 is 23.2 Å². The number of anilines is 2. The molecule has 4 aromatic rings. The second-order valence-electron chi connectivity index (χ2n) is 15.4. The lowest BCUT2D eigenvalue weighted by atomic mass is 9.68. The Morgan fingerprint density at radius 1 is 0.769 bits per heavy atom. The van der Waals surface area contributed by atoms with Crippen molar-refractivity contribution in [3.8, 4) is 11.5 Å². The fourth-order valence-corrected chi connectivity index (χ4v) is 11.1. The summed E-state index contributed by atoms with van der Waals surface area (Å²) in [5.41, 5.74) is 2.40. The minimum absolute atomic E-state index is 0.0259. The zero-order valence-electron chi connectivity index (χ0n) is 28.9. The molecule has 0 radical (unpaired) electrons. The Kier molecular flexibility index (Phi) is 7.23. The molecule has 1 heterocycles. The number of esters is 2. The molecule has 1 spiro atoms. The van der Waals surface area contributed by atoms with E-state index in [1.807, 2.05) is 36.4 Å². The first-order chi connectivity index (χ1) is 24.9. The third-order valence-electron chi connectivity index (χ3n) is 12.6. The Morgan fingerprint density at radius 2 is 1.42 bits per heavy atom. The summed E-state index contributed by atoms with van der Waals surface area (Å²) < 4.78 is 11.3. The van der Waals surface area contributed by atoms with Crippen molar-refractivity contribution in [2.75, 3.05) is 28.5 Å². The Morgan fingerprint density at radius 3 is 2.08 bits per heavy atom. The molecule has 266 valence electrons. The molecule has 1 N–H and O–H groups in total. The highest BCUT2D eigenvalue weighted by atomic mass is 35.5. The van der Waals surface area contributed by atoms with Crippen molar-refractivity contribution in [3.63, 3.8) is 0 Å². The van der Waals surface area contributed by atoms with E-state index < -0.39 is 28.7 Å². The maximum Gasteiger partial charge on any atom is 0.308 e. The van der Waals surface area contributed by atoms with E-state index in [1.54, 1.807) is 23.1 Å². The molecular weight excluding hydrogens is 703 g/mol. The summed E-state index contributed by atoms with van der Waals surface area (Å²) in [5.74, 6) is -0.257. The number of ketones is 1. The zero-order chi connectivity index (χ0) is 36.5. The first-order valence-electron chi connectivity index (χ1n) is 17.7. The molecule has 3 saturated carbocycles. The summed E-state index contributed by atoms with van der Waals surface area (Å²) in [7, 11) is 0. The molecule has 6 unspecified atom stereocenters. The summed E-state index contributed by atoms with van der Waals surface area (Å²) in [6.45, 7) is 4.49. The highest BCUT2D eigenvalue weighted by Gasteiger charge is 3.01. The van der Waals surface area contributed by atoms with Crippen molar-refractivity contribution < 1.29 is 33.4 Å². The Labute approximate surface area is 309 Å². The second-order valence-corrected chi connectivity index (χ2v) is 16.0. The van der Waals surface area contributed by atoms with Crippen LogP contribution in [0.2, 0.25) is 0 Å². The second kappa shape index (κ2) is 11.3. The number of fused-ring (bicyclic) bond motifs is 6. The number of alkyl halides is 2. The molecular formula is C41H36Cl2N2O7. The number of ether oxygens (including phenoxy) is 2. The van der Waals surface area contributed by atoms with Gasteiger partial charge in [0.2, 0.25) is 11.8 Å². The lowest BCUT2D eigenvalue weighted by Gasteiger charge is -2.36. The van der Waals surface area contributed by atoms with Gasteiger partial charge in [-0.25, -0.2) is 0 Å². The predicted molar refractivity (Wildman–Crippen MR) is 198 cm³/mol. The summed E-state index contributed by atoms with van der Waals surface area (Å²) >= 11 is 13.1. The number of halogens is 2. The lowest BCUT2D eigenvalue weighted by Crippen LogP contribution is -2.46. The lowest BCUT2D eigenvalue weighted by molar-refractivity contribution is -0.135. The molecule has 0 saturated heterocycles. The normalized spacial score (nSPS) is 28.6. The minimum atomic E-state index is -0.644. The van der Waals surface area contributed by atoms with Gasteiger partial charge in [-0.3, -0.25) is 24.0 Å². The van der Waals surface area contributed by atoms with Crippen molar-refractivity contribution in [1.29, 1.82) is 0 Å². The van der Waals surface area contributed by atoms with Gasteiger partial charge >= 0.3 is 11.9 Å². The maximum absolute atomic E-state index is 14.7. The molecule has 9 rings (SSSR count). The molecule has 1 aliphatic heterocycles. The largest absolute Gasteiger partial charge is 0.426 e. The SMILES string of the molecule is CC(=O)Nc1ccc2c(OC(C)=O)cc3c(c2c1)C(CCl)CN3C(=O)C12CC3(C(=O)C4CC(CCl)c5c4cc(OC(C)=O)c4ccccc54)CC31C2. The van der Waals surface area contributed by atoms with Gasteiger partial charge in [-0.1, -0.05) is 24.3 Å². The van der Waals surface area contributed by atoms with Crippen molar-refractivity contribution in [2.45, 2.75) is 64.2 Å². The van der Waals surface area contributed by atoms with E-state index in [2.05, 4.69) is 5.32 Å². The standard InChI is InChI=1S/C41H36Cl2N2O7/c1-20(46)44-25-8-9-27-29(11-25)36-24(15-43)16-45(32(36)13-34(27)52-22(3)48)38(50)40-17-39(18-41(39,40)19-40)37(49)31-10-23(14-42)35-28-7-5-4-6-26(28)33(12-30(31)35)51-21(2)47/h4-9,11-13,23-24,31H,10,14-19H2,1-3H3,(H,44,46). The number of rotatable bonds is 8. The molecule has 0 bridgehead atoms. The Bertz CT molecular complexity index is 2340. The third-order valence-corrected chi connectivity index (χ3v) is 13.4. The molecule has 0 aromatic heterocycles. The van der Waals surface area contributed by atoms with Crippen molar-refractivity contribution in [1.82, 2.24) is 0 Å². The number of amides is 2. The van der Waals surface area contributed by atoms with Crippen molar-refractivity contribution >= 4 is 85.7 Å². The van der Waals surface area contributed by atoms with Crippen LogP contribution in [0.4, 0.5) is 11.4 Å². The summed E-state index contributed by atoms with van der Waals surface area (Å²) in [6, 6.07) is 16.8. The van der Waals surface area contributed by atoms with E-state index >= 15 is 0 Å². The van der Waals surface area contributed by atoms with Crippen LogP contribution < -0.4 is 19.7 Å². The van der Waals surface area contributed by atoms with E-state index in [-0.39, 0.29) is 40.7 Å². The summed E-state index contributed by atoms with van der Waals surface area (Å²) in [4.78, 5) is 67.4. The smallest absolute Gasteiger partial charge is 0.308 e. The van der Waals surface area contributed by atoms with Gasteiger partial charge in [-0.15, -0.1) is 23.2 Å². The highest BCUT2D eigenvalue weighted by molar-refractivity contribution is 6.20. The topological polar surface area (TPSA) is 119 Å². The molecule has 6 atom stereocenters. The Balaban J connectivity index is 1.05. The monoisotopic (exact) mass is 738 g/mol. The van der Waals surface area contributed by atoms with E-state index in [0.29, 0.717) is 66.4 Å². The predicted octanol–water partition coefficient (Wildman–Crippen LogP) is 7.72. The van der Waals surface area contributed by atoms with Gasteiger partial charge in [0.05, 0.1) is 11.1 Å². The zero-order valence-corrected chi connectivity index (χ0v) is 30.5. The van der Waals surface area contributed by atoms with Crippen LogP contribution in [0.1, 0.15) is 80.9 Å². The fraction of sp³-hybridized carbons (Fsp3) is 0.390. The van der Waals surface area contributed by atoms with Crippen molar-refractivity contribution in [3.05, 3.63) is 71.3 Å². The average molecular weight is 740 g/mol. The number of carbonyl (C=O) groups excluding carboxylic acids is 5. The number of nitrogens with one attached hydrogen (secondary N) is 1. The first-order valence-corrected chi connectivity index (χ1v) is 18.7. The number of nitrogens with zero attached hydrogens (tertiary/aromatic N) is 1. The van der Waals surface area contributed by atoms with Crippen LogP contribution in [0.15, 0.2) is 54.6 Å². The number of carbonyl (C=O) groups is 5. The van der Waals surface area contributed by atoms with Crippen LogP contribution in [-0.4, -0.2) is 47.8 Å². The van der Waals surface area contributed by atoms with Crippen LogP contribution in [-0.2, 0) is 24.0 Å². The van der Waals surface area contributed by atoms with E-state index in [0.717, 1.165) is 32.8 Å². The molecule has 11 heteroatoms. The molecule has 3 fully saturated rings. The molecule has 9 nitrogen and oxygen atoms in total. The van der Waals surface area contributed by atoms with Crippen molar-refractivity contribution in [2.24, 2.45) is 16.2 Å². The quantitative estimate of drug-likeness (QED) is 0.112. The Hall–Kier alpha value is -4.47. The minimum Gasteiger partial charge on any atom is -0.426 e. The van der Waals surface area contributed by atoms with Crippen LogP contribution in [0.5, 0.6) is 11.5 Å². The van der Waals surface area contributed by atoms with E-state index in [1.165, 1.54) is 20.8 Å². The maximum atomic E-state index is 14.7. The summed E-state index contributed by atoms with van der Waals surface area (Å²) in [5, 5.41) is 6.01. The van der Waals surface area contributed by atoms with Gasteiger partial charge in [0.25, 0.3) is 0 Å². The average Bonchev–Trinajstić information content (AvgIpc) is 3.62. The number of Topliss-reactive ketones (excluding diaryl/α,β-unsaturated/α-hetero) is 1. The van der Waals surface area contributed by atoms with Gasteiger partial charge in [0.15, 0.2) is 0 Å². The molecule has 52 heavy (non-hydrogen) atoms. The molecule has 4 aliphatic carbocycles. The summed E-state index contributed by atoms with van der Waals surface area (Å²) in [6.07, 6.45) is 2.37. The van der Waals surface area contributed by atoms with Crippen LogP contribution in [0.25, 0.3) is 21.5 Å². The van der Waals surface area contributed by atoms with Gasteiger partial charge in [-0.2, -0.15) is 0 Å².